The molecule has 0 aliphatic carbocycles. The first-order valence-electron chi connectivity index (χ1n) is 3.63. The van der Waals surface area contributed by atoms with Gasteiger partial charge in [-0.15, -0.1) is 0 Å². The monoisotopic (exact) mass is 162 g/mol. The second-order valence-corrected chi connectivity index (χ2v) is 2.60. The highest BCUT2D eigenvalue weighted by molar-refractivity contribution is 4.77. The van der Waals surface area contributed by atoms with Gasteiger partial charge in [-0.3, -0.25) is 0 Å². The van der Waals surface area contributed by atoms with Gasteiger partial charge < -0.3 is 19.3 Å². The van der Waals surface area contributed by atoms with Crippen LogP contribution in [-0.4, -0.2) is 44.4 Å². The summed E-state index contributed by atoms with van der Waals surface area (Å²) in [5, 5.41) is 9.34. The summed E-state index contributed by atoms with van der Waals surface area (Å²) >= 11 is 0. The number of hydrogen-bond donors (Lipinski definition) is 1. The highest BCUT2D eigenvalue weighted by Gasteiger charge is 2.33. The van der Waals surface area contributed by atoms with Crippen LogP contribution in [0.15, 0.2) is 0 Å². The minimum atomic E-state index is -0.458. The Bertz CT molecular complexity index is 117. The molecule has 0 spiro atoms. The highest BCUT2D eigenvalue weighted by atomic mass is 16.7. The van der Waals surface area contributed by atoms with E-state index in [-0.39, 0.29) is 12.4 Å². The topological polar surface area (TPSA) is 47.9 Å². The van der Waals surface area contributed by atoms with E-state index in [1.54, 1.807) is 14.2 Å². The molecule has 0 unspecified atom stereocenters. The van der Waals surface area contributed by atoms with Crippen molar-refractivity contribution < 1.29 is 19.3 Å². The van der Waals surface area contributed by atoms with Crippen LogP contribution >= 0.6 is 0 Å². The van der Waals surface area contributed by atoms with Crippen molar-refractivity contribution in [2.45, 2.75) is 24.9 Å². The Labute approximate surface area is 66.1 Å². The van der Waals surface area contributed by atoms with Gasteiger partial charge in [0.25, 0.3) is 0 Å². The molecule has 0 amide bonds. The van der Waals surface area contributed by atoms with E-state index in [1.165, 1.54) is 0 Å². The highest BCUT2D eigenvalue weighted by Crippen LogP contribution is 2.20. The molecule has 4 heteroatoms. The smallest absolute Gasteiger partial charge is 0.160 e. The Hall–Kier alpha value is -0.160. The van der Waals surface area contributed by atoms with Crippen LogP contribution in [-0.2, 0) is 14.2 Å². The summed E-state index contributed by atoms with van der Waals surface area (Å²) in [6.07, 6.45) is -0.431. The lowest BCUT2D eigenvalue weighted by Crippen LogP contribution is -2.25. The molecule has 1 saturated heterocycles. The van der Waals surface area contributed by atoms with Crippen LogP contribution < -0.4 is 0 Å². The molecule has 4 nitrogen and oxygen atoms in total. The van der Waals surface area contributed by atoms with E-state index >= 15 is 0 Å². The van der Waals surface area contributed by atoms with E-state index in [1.807, 2.05) is 0 Å². The Morgan fingerprint density at radius 3 is 2.73 bits per heavy atom. The van der Waals surface area contributed by atoms with Gasteiger partial charge in [0.2, 0.25) is 0 Å². The molecule has 11 heavy (non-hydrogen) atoms. The fourth-order valence-electron chi connectivity index (χ4n) is 1.16. The second-order valence-electron chi connectivity index (χ2n) is 2.60. The first-order chi connectivity index (χ1) is 5.27. The van der Waals surface area contributed by atoms with Crippen molar-refractivity contribution in [3.63, 3.8) is 0 Å². The average molecular weight is 162 g/mol. The van der Waals surface area contributed by atoms with Crippen LogP contribution in [0.2, 0.25) is 0 Å². The van der Waals surface area contributed by atoms with Gasteiger partial charge in [0.15, 0.2) is 6.29 Å². The summed E-state index contributed by atoms with van der Waals surface area (Å²) < 4.78 is 15.0. The molecule has 66 valence electrons. The molecule has 0 bridgehead atoms. The molecular weight excluding hydrogens is 148 g/mol. The van der Waals surface area contributed by atoms with Gasteiger partial charge in [0.05, 0.1) is 12.7 Å². The number of aliphatic hydroxyl groups is 1. The number of hydrogen-bond acceptors (Lipinski definition) is 4. The van der Waals surface area contributed by atoms with E-state index < -0.39 is 6.10 Å². The Morgan fingerprint density at radius 2 is 2.27 bits per heavy atom. The molecule has 1 N–H and O–H groups in total. The van der Waals surface area contributed by atoms with Crippen molar-refractivity contribution in [3.05, 3.63) is 0 Å². The first kappa shape index (κ1) is 8.93. The van der Waals surface area contributed by atoms with Crippen LogP contribution in [0.3, 0.4) is 0 Å². The molecule has 0 radical (unpaired) electrons. The molecule has 3 atom stereocenters. The molecular formula is C7H14O4. The van der Waals surface area contributed by atoms with Crippen LogP contribution in [0.4, 0.5) is 0 Å². The summed E-state index contributed by atoms with van der Waals surface area (Å²) in [6, 6.07) is 0. The van der Waals surface area contributed by atoms with Gasteiger partial charge in [0.1, 0.15) is 6.10 Å². The zero-order valence-corrected chi connectivity index (χ0v) is 6.82. The number of methoxy groups -OCH3 is 2. The maximum atomic E-state index is 9.34. The van der Waals surface area contributed by atoms with Gasteiger partial charge in [-0.2, -0.15) is 0 Å². The third-order valence-electron chi connectivity index (χ3n) is 1.78. The lowest BCUT2D eigenvalue weighted by atomic mass is 10.2. The zero-order valence-electron chi connectivity index (χ0n) is 6.82. The number of aliphatic hydroxyl groups excluding tert-OH is 1. The normalized spacial score (nSPS) is 37.9. The maximum Gasteiger partial charge on any atom is 0.160 e. The SMILES string of the molecule is COC[C@H]1O[C@H](OC)C[C@@H]1O. The third-order valence-corrected chi connectivity index (χ3v) is 1.78. The molecule has 0 aromatic carbocycles. The van der Waals surface area contributed by atoms with Gasteiger partial charge in [-0.05, 0) is 0 Å². The van der Waals surface area contributed by atoms with E-state index in [9.17, 15) is 5.11 Å². The summed E-state index contributed by atoms with van der Waals surface area (Å²) in [6.45, 7) is 0.418. The predicted molar refractivity (Wildman–Crippen MR) is 38.2 cm³/mol. The molecule has 1 heterocycles. The van der Waals surface area contributed by atoms with Crippen LogP contribution in [0.25, 0.3) is 0 Å². The van der Waals surface area contributed by atoms with Crippen LogP contribution in [0.1, 0.15) is 6.42 Å². The molecule has 0 aromatic heterocycles. The molecule has 1 aliphatic rings. The summed E-state index contributed by atoms with van der Waals surface area (Å²) in [7, 11) is 3.14. The van der Waals surface area contributed by atoms with E-state index in [0.717, 1.165) is 0 Å². The molecule has 1 rings (SSSR count). The zero-order chi connectivity index (χ0) is 8.27. The van der Waals surface area contributed by atoms with Crippen molar-refractivity contribution in [2.75, 3.05) is 20.8 Å². The number of ether oxygens (including phenoxy) is 3. The molecule has 0 saturated carbocycles. The number of rotatable bonds is 3. The van der Waals surface area contributed by atoms with Crippen molar-refractivity contribution in [1.82, 2.24) is 0 Å². The lowest BCUT2D eigenvalue weighted by Gasteiger charge is -2.12. The minimum Gasteiger partial charge on any atom is -0.390 e. The molecule has 1 aliphatic heterocycles. The van der Waals surface area contributed by atoms with Gasteiger partial charge >= 0.3 is 0 Å². The Kier molecular flexibility index (Phi) is 3.26. The van der Waals surface area contributed by atoms with Crippen LogP contribution in [0.5, 0.6) is 0 Å². The molecule has 1 fully saturated rings. The van der Waals surface area contributed by atoms with Gasteiger partial charge in [-0.1, -0.05) is 0 Å². The third kappa shape index (κ3) is 2.13. The summed E-state index contributed by atoms with van der Waals surface area (Å²) in [5.41, 5.74) is 0. The van der Waals surface area contributed by atoms with Crippen molar-refractivity contribution >= 4 is 0 Å². The largest absolute Gasteiger partial charge is 0.390 e. The van der Waals surface area contributed by atoms with E-state index in [2.05, 4.69) is 0 Å². The van der Waals surface area contributed by atoms with Crippen molar-refractivity contribution in [3.8, 4) is 0 Å². The van der Waals surface area contributed by atoms with Gasteiger partial charge in [0, 0.05) is 20.6 Å². The maximum absolute atomic E-state index is 9.34. The molecule has 0 aromatic rings. The van der Waals surface area contributed by atoms with Crippen LogP contribution in [0, 0.1) is 0 Å². The standard InChI is InChI=1S/C7H14O4/c1-9-4-6-5(8)3-7(10-2)11-6/h5-8H,3-4H2,1-2H3/t5-,6+,7-/m0/s1. The lowest BCUT2D eigenvalue weighted by molar-refractivity contribution is -0.130. The average Bonchev–Trinajstić information content (AvgIpc) is 2.33. The van der Waals surface area contributed by atoms with Crippen molar-refractivity contribution in [1.29, 1.82) is 0 Å². The fourth-order valence-corrected chi connectivity index (χ4v) is 1.16. The summed E-state index contributed by atoms with van der Waals surface area (Å²) in [5.74, 6) is 0. The van der Waals surface area contributed by atoms with Crippen molar-refractivity contribution in [2.24, 2.45) is 0 Å². The second kappa shape index (κ2) is 4.01. The Morgan fingerprint density at radius 1 is 1.55 bits per heavy atom. The first-order valence-corrected chi connectivity index (χ1v) is 3.63. The summed E-state index contributed by atoms with van der Waals surface area (Å²) in [4.78, 5) is 0. The van der Waals surface area contributed by atoms with Gasteiger partial charge in [-0.25, -0.2) is 0 Å². The predicted octanol–water partition coefficient (Wildman–Crippen LogP) is -0.245. The van der Waals surface area contributed by atoms with E-state index in [0.29, 0.717) is 13.0 Å². The Balaban J connectivity index is 2.32. The quantitative estimate of drug-likeness (QED) is 0.622. The minimum absolute atomic E-state index is 0.232. The fraction of sp³-hybridized carbons (Fsp3) is 1.00. The van der Waals surface area contributed by atoms with E-state index in [4.69, 9.17) is 14.2 Å².